The van der Waals surface area contributed by atoms with E-state index in [1.54, 1.807) is 24.1 Å². The molecule has 0 aliphatic carbocycles. The molecule has 0 radical (unpaired) electrons. The van der Waals surface area contributed by atoms with Gasteiger partial charge in [0.05, 0.1) is 5.75 Å². The summed E-state index contributed by atoms with van der Waals surface area (Å²) in [7, 11) is 1.57. The van der Waals surface area contributed by atoms with Crippen molar-refractivity contribution in [2.24, 2.45) is 0 Å². The number of benzene rings is 2. The van der Waals surface area contributed by atoms with E-state index < -0.39 is 6.04 Å². The van der Waals surface area contributed by atoms with E-state index in [0.29, 0.717) is 6.42 Å². The highest BCUT2D eigenvalue weighted by molar-refractivity contribution is 7.99. The molecule has 2 aromatic rings. The Labute approximate surface area is 164 Å². The zero-order valence-corrected chi connectivity index (χ0v) is 16.5. The fraction of sp³-hybridized carbons (Fsp3) is 0.333. The number of thioether (sulfide) groups is 1. The molecule has 27 heavy (non-hydrogen) atoms. The number of halogens is 1. The molecule has 1 N–H and O–H groups in total. The van der Waals surface area contributed by atoms with Gasteiger partial charge in [-0.3, -0.25) is 9.59 Å². The van der Waals surface area contributed by atoms with Crippen LogP contribution in [0.5, 0.6) is 0 Å². The Kier molecular flexibility index (Phi) is 8.33. The predicted molar refractivity (Wildman–Crippen MR) is 108 cm³/mol. The highest BCUT2D eigenvalue weighted by atomic mass is 32.2. The minimum absolute atomic E-state index is 0.101. The molecule has 0 aromatic heterocycles. The van der Waals surface area contributed by atoms with Crippen LogP contribution in [-0.2, 0) is 21.9 Å². The number of nitrogens with one attached hydrogen (secondary N) is 1. The number of rotatable bonds is 9. The smallest absolute Gasteiger partial charge is 0.242 e. The van der Waals surface area contributed by atoms with Gasteiger partial charge >= 0.3 is 0 Å². The summed E-state index contributed by atoms with van der Waals surface area (Å²) in [6, 6.07) is 15.4. The third-order valence-electron chi connectivity index (χ3n) is 4.24. The normalized spacial score (nSPS) is 11.7. The molecule has 0 aliphatic rings. The molecule has 2 aromatic carbocycles. The topological polar surface area (TPSA) is 49.4 Å². The van der Waals surface area contributed by atoms with E-state index in [4.69, 9.17) is 0 Å². The third kappa shape index (κ3) is 6.40. The Hall–Kier alpha value is -2.34. The van der Waals surface area contributed by atoms with Crippen LogP contribution in [0.3, 0.4) is 0 Å². The zero-order chi connectivity index (χ0) is 19.6. The van der Waals surface area contributed by atoms with Crippen LogP contribution < -0.4 is 5.32 Å². The van der Waals surface area contributed by atoms with Gasteiger partial charge in [-0.2, -0.15) is 0 Å². The van der Waals surface area contributed by atoms with Gasteiger partial charge in [-0.1, -0.05) is 49.4 Å². The number of likely N-dealkylation sites (N-methyl/N-ethyl adjacent to an activating group) is 1. The minimum Gasteiger partial charge on any atom is -0.357 e. The Balaban J connectivity index is 2.08. The lowest BCUT2D eigenvalue weighted by Crippen LogP contribution is -2.48. The molecule has 6 heteroatoms. The van der Waals surface area contributed by atoms with Crippen LogP contribution in [0.1, 0.15) is 24.5 Å². The van der Waals surface area contributed by atoms with E-state index in [1.807, 2.05) is 37.3 Å². The second-order valence-electron chi connectivity index (χ2n) is 6.16. The molecule has 144 valence electrons. The Morgan fingerprint density at radius 1 is 1.07 bits per heavy atom. The lowest BCUT2D eigenvalue weighted by atomic mass is 10.1. The van der Waals surface area contributed by atoms with Crippen molar-refractivity contribution in [3.05, 3.63) is 71.5 Å². The number of amides is 2. The maximum absolute atomic E-state index is 13.2. The van der Waals surface area contributed by atoms with Gasteiger partial charge in [0.2, 0.25) is 11.8 Å². The van der Waals surface area contributed by atoms with Gasteiger partial charge < -0.3 is 10.2 Å². The summed E-state index contributed by atoms with van der Waals surface area (Å²) in [6.45, 7) is 2.15. The van der Waals surface area contributed by atoms with Gasteiger partial charge in [0, 0.05) is 19.3 Å². The predicted octanol–water partition coefficient (Wildman–Crippen LogP) is 3.61. The van der Waals surface area contributed by atoms with Crippen molar-refractivity contribution in [1.82, 2.24) is 10.2 Å². The van der Waals surface area contributed by atoms with Gasteiger partial charge in [0.15, 0.2) is 0 Å². The quantitative estimate of drug-likeness (QED) is 0.714. The standard InChI is InChI=1S/C21H25FN2O2S/c1-3-19(21(26)23-2)24(13-16-9-11-18(22)12-10-16)20(25)15-27-14-17-7-5-4-6-8-17/h4-12,19H,3,13-15H2,1-2H3,(H,23,26). The molecule has 0 heterocycles. The molecule has 2 rings (SSSR count). The van der Waals surface area contributed by atoms with E-state index in [9.17, 15) is 14.0 Å². The van der Waals surface area contributed by atoms with Gasteiger partial charge in [0.1, 0.15) is 11.9 Å². The third-order valence-corrected chi connectivity index (χ3v) is 5.22. The fourth-order valence-corrected chi connectivity index (χ4v) is 3.66. The zero-order valence-electron chi connectivity index (χ0n) is 15.7. The van der Waals surface area contributed by atoms with Crippen molar-refractivity contribution >= 4 is 23.6 Å². The Bertz CT molecular complexity index is 738. The molecule has 1 atom stereocenters. The number of nitrogens with zero attached hydrogens (tertiary/aromatic N) is 1. The number of hydrogen-bond acceptors (Lipinski definition) is 3. The summed E-state index contributed by atoms with van der Waals surface area (Å²) in [5.41, 5.74) is 1.94. The van der Waals surface area contributed by atoms with Crippen LogP contribution in [0.15, 0.2) is 54.6 Å². The first-order valence-corrected chi connectivity index (χ1v) is 10.1. The summed E-state index contributed by atoms with van der Waals surface area (Å²) >= 11 is 1.52. The molecule has 1 unspecified atom stereocenters. The highest BCUT2D eigenvalue weighted by Gasteiger charge is 2.27. The number of carbonyl (C=O) groups excluding carboxylic acids is 2. The van der Waals surface area contributed by atoms with E-state index in [1.165, 1.54) is 23.9 Å². The lowest BCUT2D eigenvalue weighted by Gasteiger charge is -2.30. The van der Waals surface area contributed by atoms with Crippen molar-refractivity contribution in [2.75, 3.05) is 12.8 Å². The first-order chi connectivity index (χ1) is 13.0. The first kappa shape index (κ1) is 21.0. The average molecular weight is 389 g/mol. The van der Waals surface area contributed by atoms with Gasteiger partial charge in [-0.25, -0.2) is 4.39 Å². The van der Waals surface area contributed by atoms with Crippen LogP contribution in [0.25, 0.3) is 0 Å². The van der Waals surface area contributed by atoms with Crippen molar-refractivity contribution < 1.29 is 14.0 Å². The van der Waals surface area contributed by atoms with Gasteiger partial charge in [-0.15, -0.1) is 11.8 Å². The van der Waals surface area contributed by atoms with Crippen LogP contribution in [-0.4, -0.2) is 35.6 Å². The molecule has 2 amide bonds. The molecule has 0 aliphatic heterocycles. The number of hydrogen-bond donors (Lipinski definition) is 1. The summed E-state index contributed by atoms with van der Waals surface area (Å²) < 4.78 is 13.2. The van der Waals surface area contributed by atoms with Crippen molar-refractivity contribution in [3.63, 3.8) is 0 Å². The molecular formula is C21H25FN2O2S. The van der Waals surface area contributed by atoms with E-state index in [0.717, 1.165) is 16.9 Å². The fourth-order valence-electron chi connectivity index (χ4n) is 2.79. The summed E-state index contributed by atoms with van der Waals surface area (Å²) in [5.74, 6) is 0.391. The lowest BCUT2D eigenvalue weighted by molar-refractivity contribution is -0.139. The molecule has 4 nitrogen and oxygen atoms in total. The summed E-state index contributed by atoms with van der Waals surface area (Å²) in [4.78, 5) is 26.7. The van der Waals surface area contributed by atoms with E-state index in [2.05, 4.69) is 5.32 Å². The highest BCUT2D eigenvalue weighted by Crippen LogP contribution is 2.17. The molecule has 0 saturated carbocycles. The second-order valence-corrected chi connectivity index (χ2v) is 7.15. The van der Waals surface area contributed by atoms with E-state index in [-0.39, 0.29) is 29.9 Å². The maximum atomic E-state index is 13.2. The molecule has 0 saturated heterocycles. The van der Waals surface area contributed by atoms with Crippen molar-refractivity contribution in [3.8, 4) is 0 Å². The SMILES string of the molecule is CCC(C(=O)NC)N(Cc1ccc(F)cc1)C(=O)CSCc1ccccc1. The first-order valence-electron chi connectivity index (χ1n) is 8.92. The number of carbonyl (C=O) groups is 2. The molecule has 0 spiro atoms. The second kappa shape index (κ2) is 10.7. The molecular weight excluding hydrogens is 363 g/mol. The Morgan fingerprint density at radius 2 is 1.74 bits per heavy atom. The van der Waals surface area contributed by atoms with E-state index >= 15 is 0 Å². The van der Waals surface area contributed by atoms with Crippen molar-refractivity contribution in [2.45, 2.75) is 31.7 Å². The van der Waals surface area contributed by atoms with Gasteiger partial charge in [-0.05, 0) is 29.7 Å². The van der Waals surface area contributed by atoms with Crippen molar-refractivity contribution in [1.29, 1.82) is 0 Å². The van der Waals surface area contributed by atoms with Crippen LogP contribution in [0, 0.1) is 5.82 Å². The largest absolute Gasteiger partial charge is 0.357 e. The molecule has 0 bridgehead atoms. The average Bonchev–Trinajstić information content (AvgIpc) is 2.69. The maximum Gasteiger partial charge on any atom is 0.242 e. The summed E-state index contributed by atoms with van der Waals surface area (Å²) in [5, 5.41) is 2.63. The van der Waals surface area contributed by atoms with Gasteiger partial charge in [0.25, 0.3) is 0 Å². The van der Waals surface area contributed by atoms with Crippen LogP contribution >= 0.6 is 11.8 Å². The molecule has 0 fully saturated rings. The minimum atomic E-state index is -0.551. The summed E-state index contributed by atoms with van der Waals surface area (Å²) in [6.07, 6.45) is 0.510. The van der Waals surface area contributed by atoms with Crippen LogP contribution in [0.2, 0.25) is 0 Å². The Morgan fingerprint density at radius 3 is 2.33 bits per heavy atom. The van der Waals surface area contributed by atoms with Crippen LogP contribution in [0.4, 0.5) is 4.39 Å². The monoisotopic (exact) mass is 388 g/mol.